The minimum Gasteiger partial charge on any atom is -0.383 e. The van der Waals surface area contributed by atoms with Crippen LogP contribution in [0.3, 0.4) is 0 Å². The minimum atomic E-state index is -0.427. The number of nitrogens with zero attached hydrogens (tertiary/aromatic N) is 4. The number of carbonyl (C=O) groups is 1. The van der Waals surface area contributed by atoms with Crippen LogP contribution in [0.4, 0.5) is 0 Å². The molecule has 1 aromatic heterocycles. The monoisotopic (exact) mass is 296 g/mol. The molecule has 2 rings (SSSR count). The first-order chi connectivity index (χ1) is 10.2. The van der Waals surface area contributed by atoms with Crippen LogP contribution in [0, 0.1) is 5.92 Å². The summed E-state index contributed by atoms with van der Waals surface area (Å²) in [6.45, 7) is 5.43. The van der Waals surface area contributed by atoms with Crippen LogP contribution >= 0.6 is 0 Å². The van der Waals surface area contributed by atoms with Gasteiger partial charge in [-0.3, -0.25) is 19.8 Å². The topological polar surface area (TPSA) is 98.3 Å². The Bertz CT molecular complexity index is 459. The van der Waals surface area contributed by atoms with E-state index in [0.29, 0.717) is 12.6 Å². The molecule has 118 valence electrons. The Balaban J connectivity index is 1.87. The molecule has 1 unspecified atom stereocenters. The molecule has 0 saturated heterocycles. The van der Waals surface area contributed by atoms with E-state index in [9.17, 15) is 4.79 Å². The molecule has 8 heteroatoms. The van der Waals surface area contributed by atoms with Gasteiger partial charge in [-0.2, -0.15) is 0 Å². The highest BCUT2D eigenvalue weighted by atomic mass is 16.5. The number of nitrogens with two attached hydrogens (primary N) is 1. The third-order valence-corrected chi connectivity index (χ3v) is 3.98. The second kappa shape index (κ2) is 7.48. The third-order valence-electron chi connectivity index (χ3n) is 3.98. The van der Waals surface area contributed by atoms with Crippen molar-refractivity contribution in [3.63, 3.8) is 0 Å². The Morgan fingerprint density at radius 1 is 1.62 bits per heavy atom. The van der Waals surface area contributed by atoms with E-state index in [4.69, 9.17) is 10.6 Å². The minimum absolute atomic E-state index is 0.233. The number of hydrogen-bond acceptors (Lipinski definition) is 6. The molecule has 0 aromatic carbocycles. The molecule has 8 nitrogen and oxygen atoms in total. The van der Waals surface area contributed by atoms with Crippen molar-refractivity contribution in [2.45, 2.75) is 32.4 Å². The maximum Gasteiger partial charge on any atom is 0.287 e. The van der Waals surface area contributed by atoms with Crippen LogP contribution in [0.2, 0.25) is 0 Å². The summed E-state index contributed by atoms with van der Waals surface area (Å²) in [6, 6.07) is 0.551. The fourth-order valence-corrected chi connectivity index (χ4v) is 2.42. The molecule has 1 fully saturated rings. The number of hydrazine groups is 1. The highest BCUT2D eigenvalue weighted by molar-refractivity contribution is 5.91. The zero-order chi connectivity index (χ0) is 15.2. The smallest absolute Gasteiger partial charge is 0.287 e. The summed E-state index contributed by atoms with van der Waals surface area (Å²) in [4.78, 5) is 13.7. The molecular formula is C13H24N6O2. The van der Waals surface area contributed by atoms with Crippen LogP contribution in [0.1, 0.15) is 30.3 Å². The van der Waals surface area contributed by atoms with E-state index in [1.165, 1.54) is 12.8 Å². The van der Waals surface area contributed by atoms with Crippen LogP contribution in [0.25, 0.3) is 0 Å². The molecule has 1 aliphatic rings. The number of nitrogens with one attached hydrogen (secondary N) is 1. The zero-order valence-electron chi connectivity index (χ0n) is 12.7. The van der Waals surface area contributed by atoms with Crippen LogP contribution in [-0.4, -0.2) is 58.6 Å². The molecule has 1 saturated carbocycles. The normalized spacial score (nSPS) is 16.2. The van der Waals surface area contributed by atoms with Crippen molar-refractivity contribution < 1.29 is 9.53 Å². The van der Waals surface area contributed by atoms with E-state index >= 15 is 0 Å². The first-order valence-corrected chi connectivity index (χ1v) is 7.29. The molecule has 1 heterocycles. The van der Waals surface area contributed by atoms with Gasteiger partial charge in [-0.05, 0) is 25.7 Å². The first-order valence-electron chi connectivity index (χ1n) is 7.29. The number of aromatic nitrogens is 3. The molecule has 1 atom stereocenters. The Morgan fingerprint density at radius 2 is 2.38 bits per heavy atom. The fraction of sp³-hybridized carbons (Fsp3) is 0.769. The van der Waals surface area contributed by atoms with Crippen molar-refractivity contribution in [2.24, 2.45) is 11.8 Å². The molecule has 3 N–H and O–H groups in total. The predicted octanol–water partition coefficient (Wildman–Crippen LogP) is -0.371. The van der Waals surface area contributed by atoms with Gasteiger partial charge in [0.1, 0.15) is 0 Å². The van der Waals surface area contributed by atoms with Crippen molar-refractivity contribution in [3.8, 4) is 0 Å². The summed E-state index contributed by atoms with van der Waals surface area (Å²) in [5.41, 5.74) is 2.28. The van der Waals surface area contributed by atoms with Gasteiger partial charge in [0.25, 0.3) is 5.91 Å². The van der Waals surface area contributed by atoms with E-state index in [1.807, 2.05) is 5.43 Å². The Labute approximate surface area is 124 Å². The summed E-state index contributed by atoms with van der Waals surface area (Å²) >= 11 is 0. The molecule has 0 bridgehead atoms. The van der Waals surface area contributed by atoms with E-state index in [-0.39, 0.29) is 5.69 Å². The molecule has 0 aliphatic heterocycles. The zero-order valence-corrected chi connectivity index (χ0v) is 12.7. The second-order valence-electron chi connectivity index (χ2n) is 5.45. The van der Waals surface area contributed by atoms with Crippen LogP contribution in [0.5, 0.6) is 0 Å². The molecule has 1 aromatic rings. The number of amides is 1. The Hall–Kier alpha value is -1.51. The van der Waals surface area contributed by atoms with Gasteiger partial charge in [0.05, 0.1) is 19.3 Å². The first kappa shape index (κ1) is 15.9. The summed E-state index contributed by atoms with van der Waals surface area (Å²) in [7, 11) is 1.72. The lowest BCUT2D eigenvalue weighted by atomic mass is 10.2. The number of nitrogen functional groups attached to an aromatic ring is 1. The highest BCUT2D eigenvalue weighted by Crippen LogP contribution is 2.34. The molecule has 0 spiro atoms. The van der Waals surface area contributed by atoms with Gasteiger partial charge in [0.2, 0.25) is 0 Å². The van der Waals surface area contributed by atoms with E-state index in [1.54, 1.807) is 18.0 Å². The lowest BCUT2D eigenvalue weighted by molar-refractivity contribution is 0.0948. The quantitative estimate of drug-likeness (QED) is 0.366. The van der Waals surface area contributed by atoms with Crippen LogP contribution < -0.4 is 11.3 Å². The number of hydrogen-bond donors (Lipinski definition) is 2. The van der Waals surface area contributed by atoms with Gasteiger partial charge in [0.15, 0.2) is 5.69 Å². The van der Waals surface area contributed by atoms with E-state index in [2.05, 4.69) is 22.1 Å². The lowest BCUT2D eigenvalue weighted by Crippen LogP contribution is -2.39. The average molecular weight is 296 g/mol. The predicted molar refractivity (Wildman–Crippen MR) is 77.3 cm³/mol. The number of carbonyl (C=O) groups excluding carboxylic acids is 1. The van der Waals surface area contributed by atoms with Gasteiger partial charge >= 0.3 is 0 Å². The summed E-state index contributed by atoms with van der Waals surface area (Å²) in [5.74, 6) is 5.45. The number of methoxy groups -OCH3 is 1. The number of ether oxygens (including phenoxy) is 1. The third kappa shape index (κ3) is 4.48. The average Bonchev–Trinajstić information content (AvgIpc) is 3.25. The van der Waals surface area contributed by atoms with E-state index in [0.717, 1.165) is 25.6 Å². The Morgan fingerprint density at radius 3 is 3.00 bits per heavy atom. The van der Waals surface area contributed by atoms with E-state index < -0.39 is 5.91 Å². The van der Waals surface area contributed by atoms with Gasteiger partial charge < -0.3 is 4.74 Å². The molecular weight excluding hydrogens is 272 g/mol. The van der Waals surface area contributed by atoms with Crippen molar-refractivity contribution in [3.05, 3.63) is 11.9 Å². The summed E-state index contributed by atoms with van der Waals surface area (Å²) in [5, 5.41) is 7.75. The second-order valence-corrected chi connectivity index (χ2v) is 5.45. The van der Waals surface area contributed by atoms with Crippen molar-refractivity contribution in [1.29, 1.82) is 0 Å². The molecule has 1 aliphatic carbocycles. The summed E-state index contributed by atoms with van der Waals surface area (Å²) < 4.78 is 6.85. The summed E-state index contributed by atoms with van der Waals surface area (Å²) in [6.07, 6.45) is 4.24. The van der Waals surface area contributed by atoms with Gasteiger partial charge in [0, 0.05) is 26.2 Å². The van der Waals surface area contributed by atoms with Gasteiger partial charge in [-0.25, -0.2) is 5.84 Å². The van der Waals surface area contributed by atoms with Crippen molar-refractivity contribution in [1.82, 2.24) is 25.3 Å². The van der Waals surface area contributed by atoms with Crippen LogP contribution in [0.15, 0.2) is 6.20 Å². The Kier molecular flexibility index (Phi) is 5.66. The SMILES string of the molecule is COCCN(CCn1cc(C(=O)NN)nn1)C(C)C1CC1. The highest BCUT2D eigenvalue weighted by Gasteiger charge is 2.31. The molecule has 1 amide bonds. The molecule has 21 heavy (non-hydrogen) atoms. The van der Waals surface area contributed by atoms with Crippen LogP contribution in [-0.2, 0) is 11.3 Å². The van der Waals surface area contributed by atoms with Crippen molar-refractivity contribution in [2.75, 3.05) is 26.8 Å². The van der Waals surface area contributed by atoms with Gasteiger partial charge in [-0.1, -0.05) is 5.21 Å². The molecule has 0 radical (unpaired) electrons. The standard InChI is InChI=1S/C13H24N6O2/c1-10(11-3-4-11)18(7-8-21-2)5-6-19-9-12(16-17-19)13(20)15-14/h9-11H,3-8,14H2,1-2H3,(H,15,20). The van der Waals surface area contributed by atoms with Crippen molar-refractivity contribution >= 4 is 5.91 Å². The maximum absolute atomic E-state index is 11.3. The fourth-order valence-electron chi connectivity index (χ4n) is 2.42. The lowest BCUT2D eigenvalue weighted by Gasteiger charge is -2.28. The number of rotatable bonds is 9. The van der Waals surface area contributed by atoms with Gasteiger partial charge in [-0.15, -0.1) is 5.10 Å². The largest absolute Gasteiger partial charge is 0.383 e. The maximum atomic E-state index is 11.3.